The van der Waals surface area contributed by atoms with Gasteiger partial charge < -0.3 is 5.32 Å². The summed E-state index contributed by atoms with van der Waals surface area (Å²) < 4.78 is 0. The van der Waals surface area contributed by atoms with Gasteiger partial charge >= 0.3 is 0 Å². The number of hydrogen-bond donors (Lipinski definition) is 1. The normalized spacial score (nSPS) is 12.7. The van der Waals surface area contributed by atoms with Gasteiger partial charge in [0.15, 0.2) is 0 Å². The summed E-state index contributed by atoms with van der Waals surface area (Å²) in [5.74, 6) is 0. The van der Waals surface area contributed by atoms with Crippen LogP contribution in [0, 0.1) is 20.8 Å². The second kappa shape index (κ2) is 5.68. The van der Waals surface area contributed by atoms with Crippen LogP contribution in [0.2, 0.25) is 0 Å². The largest absolute Gasteiger partial charge is 0.305 e. The Morgan fingerprint density at radius 2 is 1.89 bits per heavy atom. The van der Waals surface area contributed by atoms with Crippen LogP contribution >= 0.6 is 11.3 Å². The highest BCUT2D eigenvalue weighted by Gasteiger charge is 2.09. The van der Waals surface area contributed by atoms with E-state index in [1.165, 1.54) is 27.1 Å². The third kappa shape index (κ3) is 3.01. The predicted molar refractivity (Wildman–Crippen MR) is 80.2 cm³/mol. The molecule has 1 atom stereocenters. The molecular weight excluding hydrogens is 238 g/mol. The van der Waals surface area contributed by atoms with E-state index in [1.54, 1.807) is 0 Å². The van der Waals surface area contributed by atoms with Gasteiger partial charge in [-0.2, -0.15) is 0 Å². The summed E-state index contributed by atoms with van der Waals surface area (Å²) in [6, 6.07) is 9.25. The van der Waals surface area contributed by atoms with Crippen molar-refractivity contribution in [3.05, 3.63) is 56.8 Å². The van der Waals surface area contributed by atoms with Crippen LogP contribution in [0.1, 0.15) is 40.1 Å². The molecular formula is C16H21NS. The summed E-state index contributed by atoms with van der Waals surface area (Å²) in [4.78, 5) is 1.44. The molecule has 1 aromatic carbocycles. The molecule has 0 aliphatic heterocycles. The zero-order chi connectivity index (χ0) is 13.1. The SMILES string of the molecule is Cc1ccc(C)c(C(C)NCc2sccc2C)c1. The average molecular weight is 259 g/mol. The molecule has 2 aromatic rings. The van der Waals surface area contributed by atoms with Crippen molar-refractivity contribution in [2.45, 2.75) is 40.3 Å². The summed E-state index contributed by atoms with van der Waals surface area (Å²) in [6.45, 7) is 9.71. The molecule has 0 saturated heterocycles. The molecule has 1 nitrogen and oxygen atoms in total. The van der Waals surface area contributed by atoms with Crippen LogP contribution in [-0.4, -0.2) is 0 Å². The van der Waals surface area contributed by atoms with E-state index in [0.29, 0.717) is 6.04 Å². The van der Waals surface area contributed by atoms with Gasteiger partial charge in [-0.25, -0.2) is 0 Å². The molecule has 1 heterocycles. The second-order valence-electron chi connectivity index (χ2n) is 4.99. The van der Waals surface area contributed by atoms with Crippen LogP contribution in [0.3, 0.4) is 0 Å². The van der Waals surface area contributed by atoms with Gasteiger partial charge in [0, 0.05) is 17.5 Å². The molecule has 0 aliphatic carbocycles. The Hall–Kier alpha value is -1.12. The van der Waals surface area contributed by atoms with Gasteiger partial charge in [-0.15, -0.1) is 11.3 Å². The first-order valence-corrected chi connectivity index (χ1v) is 7.29. The molecule has 18 heavy (non-hydrogen) atoms. The van der Waals surface area contributed by atoms with E-state index in [2.05, 4.69) is 62.7 Å². The number of benzene rings is 1. The molecule has 0 amide bonds. The lowest BCUT2D eigenvalue weighted by Gasteiger charge is -2.17. The van der Waals surface area contributed by atoms with Gasteiger partial charge in [-0.1, -0.05) is 23.8 Å². The van der Waals surface area contributed by atoms with E-state index >= 15 is 0 Å². The third-order valence-electron chi connectivity index (χ3n) is 3.44. The average Bonchev–Trinajstić information content (AvgIpc) is 2.75. The molecule has 0 fully saturated rings. The van der Waals surface area contributed by atoms with E-state index in [9.17, 15) is 0 Å². The molecule has 0 aliphatic rings. The molecule has 2 heteroatoms. The highest BCUT2D eigenvalue weighted by Crippen LogP contribution is 2.21. The van der Waals surface area contributed by atoms with Crippen molar-refractivity contribution in [3.63, 3.8) is 0 Å². The Balaban J connectivity index is 2.06. The monoisotopic (exact) mass is 259 g/mol. The molecule has 96 valence electrons. The summed E-state index contributed by atoms with van der Waals surface area (Å²) in [5, 5.41) is 5.78. The quantitative estimate of drug-likeness (QED) is 0.851. The molecule has 1 unspecified atom stereocenters. The third-order valence-corrected chi connectivity index (χ3v) is 4.46. The first-order valence-electron chi connectivity index (χ1n) is 6.41. The maximum atomic E-state index is 3.62. The lowest BCUT2D eigenvalue weighted by atomic mass is 10.00. The zero-order valence-corrected chi connectivity index (χ0v) is 12.4. The van der Waals surface area contributed by atoms with Gasteiger partial charge in [0.2, 0.25) is 0 Å². The molecule has 0 bridgehead atoms. The van der Waals surface area contributed by atoms with Crippen molar-refractivity contribution in [2.24, 2.45) is 0 Å². The van der Waals surface area contributed by atoms with E-state index in [1.807, 2.05) is 11.3 Å². The standard InChI is InChI=1S/C16H21NS/c1-11-5-6-12(2)15(9-11)14(4)17-10-16-13(3)7-8-18-16/h5-9,14,17H,10H2,1-4H3. The van der Waals surface area contributed by atoms with E-state index in [0.717, 1.165) is 6.54 Å². The van der Waals surface area contributed by atoms with E-state index in [-0.39, 0.29) is 0 Å². The summed E-state index contributed by atoms with van der Waals surface area (Å²) in [6.07, 6.45) is 0. The minimum Gasteiger partial charge on any atom is -0.305 e. The van der Waals surface area contributed by atoms with Gasteiger partial charge in [0.25, 0.3) is 0 Å². The first-order chi connectivity index (χ1) is 8.58. The van der Waals surface area contributed by atoms with Gasteiger partial charge in [-0.05, 0) is 55.8 Å². The molecule has 2 rings (SSSR count). The van der Waals surface area contributed by atoms with Gasteiger partial charge in [-0.3, -0.25) is 0 Å². The van der Waals surface area contributed by atoms with Crippen molar-refractivity contribution < 1.29 is 0 Å². The lowest BCUT2D eigenvalue weighted by Crippen LogP contribution is -2.18. The number of aryl methyl sites for hydroxylation is 3. The van der Waals surface area contributed by atoms with Crippen LogP contribution in [0.25, 0.3) is 0 Å². The Morgan fingerprint density at radius 1 is 1.11 bits per heavy atom. The van der Waals surface area contributed by atoms with Crippen molar-refractivity contribution >= 4 is 11.3 Å². The number of thiophene rings is 1. The van der Waals surface area contributed by atoms with Crippen molar-refractivity contribution in [1.82, 2.24) is 5.32 Å². The van der Waals surface area contributed by atoms with E-state index in [4.69, 9.17) is 0 Å². The van der Waals surface area contributed by atoms with Gasteiger partial charge in [0.1, 0.15) is 0 Å². The highest BCUT2D eigenvalue weighted by molar-refractivity contribution is 7.10. The Labute approximate surface area is 114 Å². The van der Waals surface area contributed by atoms with Crippen molar-refractivity contribution in [1.29, 1.82) is 0 Å². The summed E-state index contributed by atoms with van der Waals surface area (Å²) in [7, 11) is 0. The van der Waals surface area contributed by atoms with Gasteiger partial charge in [0.05, 0.1) is 0 Å². The van der Waals surface area contributed by atoms with Crippen LogP contribution in [-0.2, 0) is 6.54 Å². The smallest absolute Gasteiger partial charge is 0.0308 e. The number of hydrogen-bond acceptors (Lipinski definition) is 2. The number of nitrogens with one attached hydrogen (secondary N) is 1. The van der Waals surface area contributed by atoms with Crippen LogP contribution in [0.15, 0.2) is 29.6 Å². The number of rotatable bonds is 4. The fourth-order valence-electron chi connectivity index (χ4n) is 2.17. The fourth-order valence-corrected chi connectivity index (χ4v) is 3.02. The maximum Gasteiger partial charge on any atom is 0.0308 e. The second-order valence-corrected chi connectivity index (χ2v) is 5.99. The van der Waals surface area contributed by atoms with E-state index < -0.39 is 0 Å². The highest BCUT2D eigenvalue weighted by atomic mass is 32.1. The Kier molecular flexibility index (Phi) is 4.20. The summed E-state index contributed by atoms with van der Waals surface area (Å²) in [5.41, 5.74) is 5.49. The van der Waals surface area contributed by atoms with Crippen LogP contribution in [0.4, 0.5) is 0 Å². The minimum absolute atomic E-state index is 0.395. The maximum absolute atomic E-state index is 3.62. The zero-order valence-electron chi connectivity index (χ0n) is 11.6. The minimum atomic E-state index is 0.395. The van der Waals surface area contributed by atoms with Crippen LogP contribution in [0.5, 0.6) is 0 Å². The Bertz CT molecular complexity index is 528. The Morgan fingerprint density at radius 3 is 2.56 bits per heavy atom. The summed E-state index contributed by atoms with van der Waals surface area (Å²) >= 11 is 1.83. The lowest BCUT2D eigenvalue weighted by molar-refractivity contribution is 0.575. The fraction of sp³-hybridized carbons (Fsp3) is 0.375. The predicted octanol–water partition coefficient (Wildman–Crippen LogP) is 4.52. The van der Waals surface area contributed by atoms with Crippen molar-refractivity contribution in [3.8, 4) is 0 Å². The molecule has 1 aromatic heterocycles. The molecule has 0 radical (unpaired) electrons. The van der Waals surface area contributed by atoms with Crippen LogP contribution < -0.4 is 5.32 Å². The molecule has 0 spiro atoms. The first kappa shape index (κ1) is 13.3. The van der Waals surface area contributed by atoms with Crippen molar-refractivity contribution in [2.75, 3.05) is 0 Å². The topological polar surface area (TPSA) is 12.0 Å². The molecule has 1 N–H and O–H groups in total. The molecule has 0 saturated carbocycles.